The second kappa shape index (κ2) is 4.98. The molecule has 1 aromatic rings. The largest absolute Gasteiger partial charge is 0.398 e. The molecular weight excluding hydrogens is 267 g/mol. The Bertz CT molecular complexity index is 329. The van der Waals surface area contributed by atoms with Crippen molar-refractivity contribution in [3.63, 3.8) is 0 Å². The summed E-state index contributed by atoms with van der Waals surface area (Å²) in [6, 6.07) is 3.32. The normalized spacial score (nSPS) is 12.9. The molecule has 0 saturated heterocycles. The van der Waals surface area contributed by atoms with Gasteiger partial charge in [-0.25, -0.2) is 0 Å². The molecule has 0 spiro atoms. The van der Waals surface area contributed by atoms with Gasteiger partial charge in [-0.2, -0.15) is 0 Å². The number of nitrogen functional groups attached to an aromatic ring is 1. The predicted molar refractivity (Wildman–Crippen MR) is 62.5 cm³/mol. The van der Waals surface area contributed by atoms with E-state index in [1.165, 1.54) is 0 Å². The lowest BCUT2D eigenvalue weighted by atomic mass is 10.1. The molecule has 4 N–H and O–H groups in total. The Morgan fingerprint density at radius 2 is 2.29 bits per heavy atom. The molecule has 0 saturated carbocycles. The van der Waals surface area contributed by atoms with E-state index in [1.807, 2.05) is 6.07 Å². The van der Waals surface area contributed by atoms with E-state index in [4.69, 9.17) is 22.4 Å². The smallest absolute Gasteiger partial charge is 0.0627 e. The summed E-state index contributed by atoms with van der Waals surface area (Å²) in [5.74, 6) is 0. The van der Waals surface area contributed by atoms with Crippen LogP contribution in [0.15, 0.2) is 16.6 Å². The molecule has 3 nitrogen and oxygen atoms in total. The lowest BCUT2D eigenvalue weighted by Gasteiger charge is -2.16. The quantitative estimate of drug-likeness (QED) is 0.741. The van der Waals surface area contributed by atoms with E-state index in [2.05, 4.69) is 21.2 Å². The average molecular weight is 280 g/mol. The Hall–Kier alpha value is -0.290. The topological polar surface area (TPSA) is 58.3 Å². The Labute approximate surface area is 96.4 Å². The molecule has 14 heavy (non-hydrogen) atoms. The van der Waals surface area contributed by atoms with E-state index < -0.39 is 0 Å². The van der Waals surface area contributed by atoms with Crippen LogP contribution in [0.25, 0.3) is 0 Å². The second-order valence-electron chi connectivity index (χ2n) is 2.92. The summed E-state index contributed by atoms with van der Waals surface area (Å²) >= 11 is 9.18. The molecule has 0 fully saturated rings. The molecule has 0 heterocycles. The SMILES string of the molecule is CN[C@H](CO)c1cc(Br)c(Cl)cc1N. The number of likely N-dealkylation sites (N-methyl/N-ethyl adjacent to an activating group) is 1. The van der Waals surface area contributed by atoms with Crippen molar-refractivity contribution in [2.75, 3.05) is 19.4 Å². The van der Waals surface area contributed by atoms with Gasteiger partial charge in [0.05, 0.1) is 17.7 Å². The van der Waals surface area contributed by atoms with Crippen molar-refractivity contribution in [1.29, 1.82) is 0 Å². The van der Waals surface area contributed by atoms with Crippen LogP contribution >= 0.6 is 27.5 Å². The van der Waals surface area contributed by atoms with Crippen LogP contribution in [-0.4, -0.2) is 18.8 Å². The van der Waals surface area contributed by atoms with E-state index in [9.17, 15) is 0 Å². The highest BCUT2D eigenvalue weighted by Crippen LogP contribution is 2.30. The summed E-state index contributed by atoms with van der Waals surface area (Å²) in [5, 5.41) is 12.6. The van der Waals surface area contributed by atoms with Crippen LogP contribution < -0.4 is 11.1 Å². The number of rotatable bonds is 3. The van der Waals surface area contributed by atoms with Crippen LogP contribution in [0.3, 0.4) is 0 Å². The first-order chi connectivity index (χ1) is 6.60. The van der Waals surface area contributed by atoms with Crippen LogP contribution in [-0.2, 0) is 0 Å². The Morgan fingerprint density at radius 1 is 1.64 bits per heavy atom. The zero-order chi connectivity index (χ0) is 10.7. The third-order valence-corrected chi connectivity index (χ3v) is 3.23. The van der Waals surface area contributed by atoms with Crippen molar-refractivity contribution in [3.05, 3.63) is 27.2 Å². The van der Waals surface area contributed by atoms with Gasteiger partial charge in [-0.05, 0) is 40.7 Å². The first-order valence-corrected chi connectivity index (χ1v) is 5.29. The molecule has 78 valence electrons. The summed E-state index contributed by atoms with van der Waals surface area (Å²) in [4.78, 5) is 0. The van der Waals surface area contributed by atoms with Crippen molar-refractivity contribution in [1.82, 2.24) is 5.32 Å². The molecule has 5 heteroatoms. The maximum absolute atomic E-state index is 9.10. The molecule has 0 aliphatic heterocycles. The van der Waals surface area contributed by atoms with Crippen LogP contribution in [0.2, 0.25) is 5.02 Å². The molecule has 0 bridgehead atoms. The highest BCUT2D eigenvalue weighted by atomic mass is 79.9. The molecular formula is C9H12BrClN2O. The molecule has 0 aliphatic rings. The van der Waals surface area contributed by atoms with Gasteiger partial charge in [0, 0.05) is 10.2 Å². The highest BCUT2D eigenvalue weighted by molar-refractivity contribution is 9.10. The third-order valence-electron chi connectivity index (χ3n) is 2.03. The first-order valence-electron chi connectivity index (χ1n) is 4.12. The monoisotopic (exact) mass is 278 g/mol. The maximum Gasteiger partial charge on any atom is 0.0627 e. The number of nitrogens with one attached hydrogen (secondary N) is 1. The third kappa shape index (κ3) is 2.39. The summed E-state index contributed by atoms with van der Waals surface area (Å²) in [5.41, 5.74) is 7.20. The number of hydrogen-bond acceptors (Lipinski definition) is 3. The number of hydrogen-bond donors (Lipinski definition) is 3. The standard InChI is InChI=1S/C9H12BrClN2O/c1-13-9(4-14)5-2-6(10)7(11)3-8(5)12/h2-3,9,13-14H,4,12H2,1H3/t9-/m1/s1. The van der Waals surface area contributed by atoms with Gasteiger partial charge in [0.15, 0.2) is 0 Å². The molecule has 0 unspecified atom stereocenters. The molecule has 0 aliphatic carbocycles. The van der Waals surface area contributed by atoms with Crippen molar-refractivity contribution >= 4 is 33.2 Å². The summed E-state index contributed by atoms with van der Waals surface area (Å²) in [6.07, 6.45) is 0. The maximum atomic E-state index is 9.10. The number of halogens is 2. The van der Waals surface area contributed by atoms with Gasteiger partial charge in [-0.15, -0.1) is 0 Å². The lowest BCUT2D eigenvalue weighted by molar-refractivity contribution is 0.251. The Morgan fingerprint density at radius 3 is 2.79 bits per heavy atom. The highest BCUT2D eigenvalue weighted by Gasteiger charge is 2.13. The number of anilines is 1. The van der Waals surface area contributed by atoms with Gasteiger partial charge in [0.1, 0.15) is 0 Å². The summed E-state index contributed by atoms with van der Waals surface area (Å²) in [6.45, 7) is -0.00519. The van der Waals surface area contributed by atoms with Gasteiger partial charge < -0.3 is 16.2 Å². The van der Waals surface area contributed by atoms with Crippen molar-refractivity contribution < 1.29 is 5.11 Å². The average Bonchev–Trinajstić information content (AvgIpc) is 2.15. The lowest BCUT2D eigenvalue weighted by Crippen LogP contribution is -2.21. The van der Waals surface area contributed by atoms with Gasteiger partial charge in [-0.1, -0.05) is 11.6 Å². The molecule has 0 aromatic heterocycles. The minimum absolute atomic E-state index is 0.00519. The molecule has 0 radical (unpaired) electrons. The van der Waals surface area contributed by atoms with Crippen LogP contribution in [0, 0.1) is 0 Å². The number of benzene rings is 1. The minimum Gasteiger partial charge on any atom is -0.398 e. The fraction of sp³-hybridized carbons (Fsp3) is 0.333. The predicted octanol–water partition coefficient (Wildman–Crippen LogP) is 1.94. The zero-order valence-corrected chi connectivity index (χ0v) is 10.1. The van der Waals surface area contributed by atoms with Gasteiger partial charge >= 0.3 is 0 Å². The Balaban J connectivity index is 3.14. The number of aliphatic hydroxyl groups excluding tert-OH is 1. The van der Waals surface area contributed by atoms with Crippen LogP contribution in [0.1, 0.15) is 11.6 Å². The summed E-state index contributed by atoms with van der Waals surface area (Å²) in [7, 11) is 1.77. The van der Waals surface area contributed by atoms with E-state index >= 15 is 0 Å². The van der Waals surface area contributed by atoms with E-state index in [0.29, 0.717) is 10.7 Å². The second-order valence-corrected chi connectivity index (χ2v) is 4.18. The van der Waals surface area contributed by atoms with Crippen LogP contribution in [0.4, 0.5) is 5.69 Å². The van der Waals surface area contributed by atoms with Crippen molar-refractivity contribution in [2.45, 2.75) is 6.04 Å². The molecule has 1 rings (SSSR count). The summed E-state index contributed by atoms with van der Waals surface area (Å²) < 4.78 is 0.775. The number of aliphatic hydroxyl groups is 1. The van der Waals surface area contributed by atoms with Gasteiger partial charge in [-0.3, -0.25) is 0 Å². The van der Waals surface area contributed by atoms with Gasteiger partial charge in [0.25, 0.3) is 0 Å². The molecule has 1 atom stereocenters. The van der Waals surface area contributed by atoms with Crippen molar-refractivity contribution in [2.24, 2.45) is 0 Å². The van der Waals surface area contributed by atoms with E-state index in [-0.39, 0.29) is 12.6 Å². The zero-order valence-electron chi connectivity index (χ0n) is 7.72. The minimum atomic E-state index is -0.163. The van der Waals surface area contributed by atoms with Gasteiger partial charge in [0.2, 0.25) is 0 Å². The fourth-order valence-corrected chi connectivity index (χ4v) is 1.76. The first kappa shape index (κ1) is 11.8. The Kier molecular flexibility index (Phi) is 4.19. The number of nitrogens with two attached hydrogens (primary N) is 1. The molecule has 1 aromatic carbocycles. The van der Waals surface area contributed by atoms with Crippen molar-refractivity contribution in [3.8, 4) is 0 Å². The fourth-order valence-electron chi connectivity index (χ4n) is 1.22. The van der Waals surface area contributed by atoms with E-state index in [1.54, 1.807) is 13.1 Å². The molecule has 0 amide bonds. The van der Waals surface area contributed by atoms with E-state index in [0.717, 1.165) is 10.0 Å². The van der Waals surface area contributed by atoms with Crippen LogP contribution in [0.5, 0.6) is 0 Å².